The van der Waals surface area contributed by atoms with E-state index in [0.29, 0.717) is 25.9 Å². The van der Waals surface area contributed by atoms with E-state index >= 15 is 0 Å². The van der Waals surface area contributed by atoms with Gasteiger partial charge in [-0.25, -0.2) is 0 Å². The van der Waals surface area contributed by atoms with Gasteiger partial charge >= 0.3 is 0 Å². The molecule has 1 heterocycles. The van der Waals surface area contributed by atoms with Crippen molar-refractivity contribution in [2.75, 3.05) is 25.1 Å². The quantitative estimate of drug-likeness (QED) is 0.880. The van der Waals surface area contributed by atoms with Crippen LogP contribution in [0.15, 0.2) is 54.6 Å². The summed E-state index contributed by atoms with van der Waals surface area (Å²) < 4.78 is 5.14. The van der Waals surface area contributed by atoms with Crippen molar-refractivity contribution < 1.29 is 14.3 Å². The molecule has 0 bridgehead atoms. The predicted molar refractivity (Wildman–Crippen MR) is 96.6 cm³/mol. The van der Waals surface area contributed by atoms with Gasteiger partial charge in [-0.3, -0.25) is 9.59 Å². The Bertz CT molecular complexity index is 728. The molecule has 0 aromatic heterocycles. The van der Waals surface area contributed by atoms with Crippen LogP contribution in [0.25, 0.3) is 0 Å². The minimum absolute atomic E-state index is 0.0125. The lowest BCUT2D eigenvalue weighted by Gasteiger charge is -2.17. The maximum atomic E-state index is 12.3. The average Bonchev–Trinajstić information content (AvgIpc) is 3.02. The molecule has 1 aliphatic rings. The van der Waals surface area contributed by atoms with E-state index in [0.717, 1.165) is 17.0 Å². The number of anilines is 1. The fourth-order valence-electron chi connectivity index (χ4n) is 3.03. The molecule has 0 radical (unpaired) electrons. The highest BCUT2D eigenvalue weighted by atomic mass is 16.5. The lowest BCUT2D eigenvalue weighted by atomic mass is 10.1. The number of nitrogens with one attached hydrogen (secondary N) is 1. The maximum Gasteiger partial charge on any atom is 0.227 e. The molecule has 0 spiro atoms. The highest BCUT2D eigenvalue weighted by Crippen LogP contribution is 2.26. The fraction of sp³-hybridized carbons (Fsp3) is 0.300. The first-order chi connectivity index (χ1) is 12.2. The Balaban J connectivity index is 1.51. The second kappa shape index (κ2) is 7.83. The van der Waals surface area contributed by atoms with Crippen LogP contribution in [0.4, 0.5) is 5.69 Å². The van der Waals surface area contributed by atoms with Crippen molar-refractivity contribution in [2.45, 2.75) is 12.8 Å². The van der Waals surface area contributed by atoms with Crippen molar-refractivity contribution >= 4 is 17.5 Å². The normalized spacial score (nSPS) is 16.8. The van der Waals surface area contributed by atoms with Crippen LogP contribution in [0, 0.1) is 5.92 Å². The van der Waals surface area contributed by atoms with Crippen LogP contribution < -0.4 is 15.0 Å². The first kappa shape index (κ1) is 17.0. The van der Waals surface area contributed by atoms with E-state index in [-0.39, 0.29) is 17.7 Å². The summed E-state index contributed by atoms with van der Waals surface area (Å²) in [5, 5.41) is 2.95. The Kier molecular flexibility index (Phi) is 5.33. The van der Waals surface area contributed by atoms with Crippen LogP contribution in [-0.4, -0.2) is 32.0 Å². The molecular weight excluding hydrogens is 316 g/mol. The molecule has 130 valence electrons. The molecule has 25 heavy (non-hydrogen) atoms. The number of amides is 2. The first-order valence-corrected chi connectivity index (χ1v) is 8.41. The number of carbonyl (C=O) groups is 2. The fourth-order valence-corrected chi connectivity index (χ4v) is 3.03. The lowest BCUT2D eigenvalue weighted by Crippen LogP contribution is -2.32. The molecule has 2 aromatic carbocycles. The first-order valence-electron chi connectivity index (χ1n) is 8.41. The largest absolute Gasteiger partial charge is 0.497 e. The monoisotopic (exact) mass is 338 g/mol. The van der Waals surface area contributed by atoms with Crippen molar-refractivity contribution in [3.63, 3.8) is 0 Å². The highest BCUT2D eigenvalue weighted by molar-refractivity contribution is 5.95. The van der Waals surface area contributed by atoms with Gasteiger partial charge in [0.25, 0.3) is 0 Å². The van der Waals surface area contributed by atoms with Crippen molar-refractivity contribution in [3.8, 4) is 5.75 Å². The molecule has 5 nitrogen and oxygen atoms in total. The molecule has 3 rings (SSSR count). The van der Waals surface area contributed by atoms with Crippen LogP contribution in [0.5, 0.6) is 5.75 Å². The minimum atomic E-state index is -0.0125. The van der Waals surface area contributed by atoms with Gasteiger partial charge < -0.3 is 15.0 Å². The number of ether oxygens (including phenoxy) is 1. The molecule has 1 saturated heterocycles. The summed E-state index contributed by atoms with van der Waals surface area (Å²) in [6.45, 7) is 1.14. The summed E-state index contributed by atoms with van der Waals surface area (Å²) in [6.07, 6.45) is 0.821. The average molecular weight is 338 g/mol. The molecule has 0 unspecified atom stereocenters. The summed E-state index contributed by atoms with van der Waals surface area (Å²) in [5.41, 5.74) is 1.85. The van der Waals surface area contributed by atoms with Crippen molar-refractivity contribution in [1.29, 1.82) is 0 Å². The van der Waals surface area contributed by atoms with Crippen LogP contribution in [0.1, 0.15) is 12.0 Å². The number of rotatable bonds is 6. The molecule has 2 aromatic rings. The molecule has 0 saturated carbocycles. The van der Waals surface area contributed by atoms with Gasteiger partial charge in [0.1, 0.15) is 5.75 Å². The number of hydrogen-bond donors (Lipinski definition) is 1. The minimum Gasteiger partial charge on any atom is -0.497 e. The Morgan fingerprint density at radius 2 is 1.88 bits per heavy atom. The third kappa shape index (κ3) is 4.38. The van der Waals surface area contributed by atoms with E-state index in [1.165, 1.54) is 0 Å². The third-order valence-electron chi connectivity index (χ3n) is 4.38. The van der Waals surface area contributed by atoms with Crippen LogP contribution in [0.3, 0.4) is 0 Å². The van der Waals surface area contributed by atoms with E-state index in [9.17, 15) is 9.59 Å². The second-order valence-corrected chi connectivity index (χ2v) is 6.24. The van der Waals surface area contributed by atoms with E-state index in [1.54, 1.807) is 12.0 Å². The molecular formula is C20H22N2O3. The summed E-state index contributed by atoms with van der Waals surface area (Å²) in [7, 11) is 1.62. The van der Waals surface area contributed by atoms with E-state index < -0.39 is 0 Å². The zero-order valence-corrected chi connectivity index (χ0v) is 14.3. The Hall–Kier alpha value is -2.82. The maximum absolute atomic E-state index is 12.3. The molecule has 1 aliphatic heterocycles. The van der Waals surface area contributed by atoms with Crippen LogP contribution in [0.2, 0.25) is 0 Å². The summed E-state index contributed by atoms with van der Waals surface area (Å²) >= 11 is 0. The molecule has 2 amide bonds. The predicted octanol–water partition coefficient (Wildman–Crippen LogP) is 2.41. The van der Waals surface area contributed by atoms with Crippen molar-refractivity contribution in [1.82, 2.24) is 5.32 Å². The zero-order valence-electron chi connectivity index (χ0n) is 14.3. The zero-order chi connectivity index (χ0) is 17.6. The Labute approximate surface area is 147 Å². The third-order valence-corrected chi connectivity index (χ3v) is 4.38. The van der Waals surface area contributed by atoms with E-state index in [1.807, 2.05) is 54.6 Å². The van der Waals surface area contributed by atoms with Crippen LogP contribution >= 0.6 is 0 Å². The van der Waals surface area contributed by atoms with E-state index in [2.05, 4.69) is 5.32 Å². The Morgan fingerprint density at radius 3 is 2.56 bits per heavy atom. The molecule has 1 fully saturated rings. The number of hydrogen-bond acceptors (Lipinski definition) is 3. The summed E-state index contributed by atoms with van der Waals surface area (Å²) in [4.78, 5) is 26.1. The number of benzene rings is 2. The van der Waals surface area contributed by atoms with E-state index in [4.69, 9.17) is 4.74 Å². The van der Waals surface area contributed by atoms with Crippen LogP contribution in [-0.2, 0) is 16.0 Å². The highest BCUT2D eigenvalue weighted by Gasteiger charge is 2.30. The van der Waals surface area contributed by atoms with Gasteiger partial charge in [0.15, 0.2) is 0 Å². The molecule has 1 atom stereocenters. The summed E-state index contributed by atoms with van der Waals surface area (Å²) in [5.74, 6) is 0.975. The van der Waals surface area contributed by atoms with Crippen molar-refractivity contribution in [3.05, 3.63) is 60.2 Å². The number of nitrogens with zero attached hydrogens (tertiary/aromatic N) is 1. The SMILES string of the molecule is COc1ccc(N2C[C@@H](CNC(=O)Cc3ccccc3)CC2=O)cc1. The smallest absolute Gasteiger partial charge is 0.227 e. The summed E-state index contributed by atoms with van der Waals surface area (Å²) in [6, 6.07) is 17.1. The van der Waals surface area contributed by atoms with Gasteiger partial charge in [0.2, 0.25) is 11.8 Å². The topological polar surface area (TPSA) is 58.6 Å². The molecule has 1 N–H and O–H groups in total. The number of methoxy groups -OCH3 is 1. The molecule has 0 aliphatic carbocycles. The Morgan fingerprint density at radius 1 is 1.16 bits per heavy atom. The van der Waals surface area contributed by atoms with Gasteiger partial charge in [0.05, 0.1) is 13.5 Å². The van der Waals surface area contributed by atoms with Gasteiger partial charge in [-0.05, 0) is 29.8 Å². The standard InChI is InChI=1S/C20H22N2O3/c1-25-18-9-7-17(8-10-18)22-14-16(12-20(22)24)13-21-19(23)11-15-5-3-2-4-6-15/h2-10,16H,11-14H2,1H3,(H,21,23)/t16-/m1/s1. The van der Waals surface area contributed by atoms with Gasteiger partial charge in [-0.1, -0.05) is 30.3 Å². The second-order valence-electron chi connectivity index (χ2n) is 6.24. The molecule has 5 heteroatoms. The van der Waals surface area contributed by atoms with Crippen molar-refractivity contribution in [2.24, 2.45) is 5.92 Å². The van der Waals surface area contributed by atoms with Gasteiger partial charge in [0, 0.05) is 31.1 Å². The van der Waals surface area contributed by atoms with Gasteiger partial charge in [-0.2, -0.15) is 0 Å². The number of carbonyl (C=O) groups excluding carboxylic acids is 2. The van der Waals surface area contributed by atoms with Gasteiger partial charge in [-0.15, -0.1) is 0 Å². The lowest BCUT2D eigenvalue weighted by molar-refractivity contribution is -0.121.